The van der Waals surface area contributed by atoms with Crippen molar-refractivity contribution in [1.29, 1.82) is 0 Å². The zero-order valence-corrected chi connectivity index (χ0v) is 15.0. The Morgan fingerprint density at radius 1 is 0.632 bits per heavy atom. The van der Waals surface area contributed by atoms with Crippen LogP contribution in [-0.4, -0.2) is 29.4 Å². The summed E-state index contributed by atoms with van der Waals surface area (Å²) in [5.74, 6) is 0. The van der Waals surface area contributed by atoms with Crippen LogP contribution in [0.3, 0.4) is 0 Å². The molecule has 0 aliphatic heterocycles. The van der Waals surface area contributed by atoms with Gasteiger partial charge in [-0.3, -0.25) is 9.13 Å². The van der Waals surface area contributed by atoms with Gasteiger partial charge in [0, 0.05) is 0 Å². The first-order chi connectivity index (χ1) is 7.41. The number of rotatable bonds is 4. The fraction of sp³-hybridized carbons (Fsp3) is 0. The molecule has 0 aromatic rings. The summed E-state index contributed by atoms with van der Waals surface area (Å²) in [7, 11) is -20.8. The van der Waals surface area contributed by atoms with Crippen molar-refractivity contribution in [2.75, 3.05) is 0 Å². The van der Waals surface area contributed by atoms with Gasteiger partial charge in [-0.25, -0.2) is 13.4 Å². The van der Waals surface area contributed by atoms with E-state index in [1.165, 1.54) is 0 Å². The van der Waals surface area contributed by atoms with Crippen molar-refractivity contribution < 1.29 is 85.5 Å². The third-order valence-electron chi connectivity index (χ3n) is 0.419. The van der Waals surface area contributed by atoms with Crippen molar-refractivity contribution in [2.45, 2.75) is 0 Å². The Balaban J connectivity index is -0.000000256. The molecule has 19 heavy (non-hydrogen) atoms. The summed E-state index contributed by atoms with van der Waals surface area (Å²) in [5, 5.41) is 0. The third kappa shape index (κ3) is 32.6. The normalized spacial score (nSPS) is 18.1. The maximum Gasteiger partial charge on any atom is 2.00 e. The smallest absolute Gasteiger partial charge is 0.756 e. The molecule has 0 aromatic carbocycles. The Hall–Kier alpha value is 1.14. The largest absolute Gasteiger partial charge is 2.00 e. The summed E-state index contributed by atoms with van der Waals surface area (Å²) in [6, 6.07) is 0. The van der Waals surface area contributed by atoms with Gasteiger partial charge in [-0.1, -0.05) is 0 Å². The second kappa shape index (κ2) is 8.55. The predicted octanol–water partition coefficient (Wildman–Crippen LogP) is -2.89. The van der Waals surface area contributed by atoms with E-state index in [2.05, 4.69) is 8.62 Å². The minimum absolute atomic E-state index is 0. The van der Waals surface area contributed by atoms with Crippen molar-refractivity contribution in [3.63, 3.8) is 0 Å². The van der Waals surface area contributed by atoms with Crippen LogP contribution in [0.2, 0.25) is 0 Å². The summed E-state index contributed by atoms with van der Waals surface area (Å²) in [6.45, 7) is 0. The minimum atomic E-state index is -5.36. The quantitative estimate of drug-likeness (QED) is 0.197. The van der Waals surface area contributed by atoms with Crippen LogP contribution in [0.4, 0.5) is 0 Å². The molecule has 0 saturated heterocycles. The summed E-state index contributed by atoms with van der Waals surface area (Å²) in [5.41, 5.74) is 0. The monoisotopic (exact) mass is 418 g/mol. The predicted molar refractivity (Wildman–Crippen MR) is 45.9 cm³/mol. The Bertz CT molecular complexity index is 342. The third-order valence-corrected chi connectivity index (χ3v) is 3.77. The van der Waals surface area contributed by atoms with Crippen molar-refractivity contribution in [3.05, 3.63) is 0 Å². The summed E-state index contributed by atoms with van der Waals surface area (Å²) >= 11 is 0. The molecule has 0 bridgehead atoms. The molecule has 14 nitrogen and oxygen atoms in total. The zero-order chi connectivity index (χ0) is 15.4. The van der Waals surface area contributed by atoms with Crippen molar-refractivity contribution in [3.8, 4) is 0 Å². The average Bonchev–Trinajstić information content (AvgIpc) is 1.64. The van der Waals surface area contributed by atoms with Crippen LogP contribution in [-0.2, 0) is 46.4 Å². The summed E-state index contributed by atoms with van der Waals surface area (Å²) < 4.78 is 43.9. The average molecular weight is 419 g/mol. The Morgan fingerprint density at radius 3 is 0.842 bits per heavy atom. The molecule has 0 fully saturated rings. The van der Waals surface area contributed by atoms with E-state index in [1.54, 1.807) is 0 Å². The van der Waals surface area contributed by atoms with Crippen LogP contribution < -0.4 is 9.79 Å². The van der Waals surface area contributed by atoms with Crippen molar-refractivity contribution >= 4 is 31.3 Å². The van der Waals surface area contributed by atoms with Gasteiger partial charge in [0.1, 0.15) is 0 Å². The minimum Gasteiger partial charge on any atom is -0.756 e. The van der Waals surface area contributed by atoms with Crippen LogP contribution in [0, 0.1) is 0 Å². The van der Waals surface area contributed by atoms with Crippen LogP contribution in [0.1, 0.15) is 0 Å². The Morgan fingerprint density at radius 2 is 0.842 bits per heavy atom. The van der Waals surface area contributed by atoms with Crippen molar-refractivity contribution in [1.82, 2.24) is 0 Å². The fourth-order valence-electron chi connectivity index (χ4n) is 0.269. The number of phosphoric acid groups is 4. The van der Waals surface area contributed by atoms with Gasteiger partial charge >= 0.3 is 35.1 Å². The SMILES string of the molecule is O=P(O)(O)OP(=O)(O)O.O=P([O-])(O)OP(=O)([O-])O.[Zn+2]. The molecular formula is H6O14P4Zn. The summed E-state index contributed by atoms with van der Waals surface area (Å²) in [6.07, 6.45) is 0. The molecule has 0 amide bonds. The molecule has 0 aromatic heterocycles. The molecule has 2 atom stereocenters. The van der Waals surface area contributed by atoms with Crippen LogP contribution in [0.15, 0.2) is 0 Å². The molecule has 0 saturated carbocycles. The first-order valence-electron chi connectivity index (χ1n) is 3.03. The molecule has 0 aliphatic carbocycles. The number of hydrogen-bond acceptors (Lipinski definition) is 8. The van der Waals surface area contributed by atoms with E-state index in [-0.39, 0.29) is 19.5 Å². The van der Waals surface area contributed by atoms with E-state index in [9.17, 15) is 28.0 Å². The number of hydrogen-bond donors (Lipinski definition) is 6. The van der Waals surface area contributed by atoms with Gasteiger partial charge in [0.05, 0.1) is 0 Å². The molecule has 0 rings (SSSR count). The van der Waals surface area contributed by atoms with E-state index in [4.69, 9.17) is 29.4 Å². The van der Waals surface area contributed by atoms with E-state index < -0.39 is 31.3 Å². The molecular weight excluding hydrogens is 413 g/mol. The van der Waals surface area contributed by atoms with Gasteiger partial charge in [0.15, 0.2) is 0 Å². The Kier molecular flexibility index (Phi) is 11.3. The van der Waals surface area contributed by atoms with Gasteiger partial charge < -0.3 is 39.1 Å². The van der Waals surface area contributed by atoms with Gasteiger partial charge in [-0.15, -0.1) is 0 Å². The van der Waals surface area contributed by atoms with Gasteiger partial charge in [-0.05, 0) is 0 Å². The molecule has 0 spiro atoms. The fourth-order valence-corrected chi connectivity index (χ4v) is 2.42. The maximum atomic E-state index is 9.63. The standard InChI is InChI=1S/2H4O7P2.Zn/c2*1-8(2,3)7-9(4,5)6;/h2*(H2,1,2,3)(H2,4,5,6);/q;;+2/p-2. The second-order valence-corrected chi connectivity index (χ2v) is 7.22. The molecule has 19 heteroatoms. The van der Waals surface area contributed by atoms with E-state index in [0.29, 0.717) is 0 Å². The Labute approximate surface area is 117 Å². The molecule has 2 unspecified atom stereocenters. The first kappa shape index (κ1) is 25.1. The first-order valence-corrected chi connectivity index (χ1v) is 9.08. The molecule has 6 N–H and O–H groups in total. The van der Waals surface area contributed by atoms with Crippen molar-refractivity contribution in [2.24, 2.45) is 0 Å². The van der Waals surface area contributed by atoms with Crippen LogP contribution in [0.25, 0.3) is 0 Å². The van der Waals surface area contributed by atoms with Crippen LogP contribution in [0.5, 0.6) is 0 Å². The van der Waals surface area contributed by atoms with Gasteiger partial charge in [0.2, 0.25) is 0 Å². The molecule has 0 aliphatic rings. The molecule has 112 valence electrons. The topological polar surface area (TPSA) is 254 Å². The maximum absolute atomic E-state index is 9.63. The second-order valence-electron chi connectivity index (χ2n) is 2.08. The molecule has 0 radical (unpaired) electrons. The van der Waals surface area contributed by atoms with E-state index >= 15 is 0 Å². The van der Waals surface area contributed by atoms with Gasteiger partial charge in [0.25, 0.3) is 15.6 Å². The van der Waals surface area contributed by atoms with Gasteiger partial charge in [-0.2, -0.15) is 4.31 Å². The van der Waals surface area contributed by atoms with E-state index in [1.807, 2.05) is 0 Å². The summed E-state index contributed by atoms with van der Waals surface area (Å²) in [4.78, 5) is 65.1. The molecule has 0 heterocycles. The van der Waals surface area contributed by atoms with Crippen LogP contribution >= 0.6 is 31.3 Å². The van der Waals surface area contributed by atoms with E-state index in [0.717, 1.165) is 0 Å². The zero-order valence-electron chi connectivity index (χ0n) is 8.45.